The van der Waals surface area contributed by atoms with E-state index in [1.165, 1.54) is 5.56 Å². The van der Waals surface area contributed by atoms with Gasteiger partial charge in [0.05, 0.1) is 17.7 Å². The molecule has 0 aliphatic carbocycles. The number of nitrogens with one attached hydrogen (secondary N) is 1. The molecular weight excluding hydrogens is 254 g/mol. The molecule has 6 heteroatoms. The number of anilines is 1. The molecule has 1 aromatic heterocycles. The van der Waals surface area contributed by atoms with E-state index in [1.54, 1.807) is 6.33 Å². The molecule has 20 heavy (non-hydrogen) atoms. The van der Waals surface area contributed by atoms with E-state index in [9.17, 15) is 0 Å². The molecule has 2 aromatic rings. The summed E-state index contributed by atoms with van der Waals surface area (Å²) in [6.45, 7) is 4.00. The second-order valence-corrected chi connectivity index (χ2v) is 5.42. The van der Waals surface area contributed by atoms with E-state index in [0.717, 1.165) is 5.71 Å². The summed E-state index contributed by atoms with van der Waals surface area (Å²) in [4.78, 5) is 9.90. The van der Waals surface area contributed by atoms with E-state index >= 15 is 0 Å². The van der Waals surface area contributed by atoms with Crippen molar-refractivity contribution in [3.8, 4) is 0 Å². The lowest BCUT2D eigenvalue weighted by Crippen LogP contribution is -2.52. The number of rotatable bonds is 1. The van der Waals surface area contributed by atoms with Gasteiger partial charge in [-0.25, -0.2) is 4.68 Å². The predicted molar refractivity (Wildman–Crippen MR) is 74.3 cm³/mol. The lowest BCUT2D eigenvalue weighted by molar-refractivity contribution is -0.0234. The molecule has 102 valence electrons. The molecule has 3 atom stereocenters. The van der Waals surface area contributed by atoms with Gasteiger partial charge in [-0.1, -0.05) is 35.5 Å². The molecule has 3 heterocycles. The zero-order valence-electron chi connectivity index (χ0n) is 11.3. The Morgan fingerprint density at radius 2 is 2.10 bits per heavy atom. The van der Waals surface area contributed by atoms with Crippen LogP contribution in [0.1, 0.15) is 25.5 Å². The number of hydrogen-bond acceptors (Lipinski definition) is 5. The van der Waals surface area contributed by atoms with Gasteiger partial charge < -0.3 is 10.2 Å². The van der Waals surface area contributed by atoms with Crippen LogP contribution in [0.5, 0.6) is 0 Å². The largest absolute Gasteiger partial charge is 0.367 e. The first-order valence-electron chi connectivity index (χ1n) is 6.64. The summed E-state index contributed by atoms with van der Waals surface area (Å²) < 4.78 is 1.91. The number of fused-ring (bicyclic) bond motifs is 2. The first kappa shape index (κ1) is 11.5. The Balaban J connectivity index is 1.92. The van der Waals surface area contributed by atoms with Crippen LogP contribution in [-0.4, -0.2) is 26.2 Å². The van der Waals surface area contributed by atoms with Gasteiger partial charge in [-0.15, -0.1) is 0 Å². The Kier molecular flexibility index (Phi) is 2.19. The quantitative estimate of drug-likeness (QED) is 0.860. The highest BCUT2D eigenvalue weighted by atomic mass is 16.7. The molecule has 1 aromatic carbocycles. The van der Waals surface area contributed by atoms with Crippen molar-refractivity contribution in [1.82, 2.24) is 14.8 Å². The van der Waals surface area contributed by atoms with Crippen LogP contribution in [0.4, 0.5) is 5.95 Å². The van der Waals surface area contributed by atoms with E-state index in [2.05, 4.69) is 32.7 Å². The first-order chi connectivity index (χ1) is 9.69. The maximum atomic E-state index is 5.63. The SMILES string of the molecule is CC1=NO[C@]2(C)Nc3ncnn3[C@@H](c3ccccc3)[C@@H]12. The molecule has 6 nitrogen and oxygen atoms in total. The molecule has 0 unspecified atom stereocenters. The van der Waals surface area contributed by atoms with E-state index in [-0.39, 0.29) is 12.0 Å². The zero-order chi connectivity index (χ0) is 13.7. The fourth-order valence-corrected chi connectivity index (χ4v) is 3.20. The van der Waals surface area contributed by atoms with Gasteiger partial charge in [-0.05, 0) is 19.4 Å². The Hall–Kier alpha value is -2.37. The van der Waals surface area contributed by atoms with Crippen LogP contribution in [0.25, 0.3) is 0 Å². The van der Waals surface area contributed by atoms with E-state index in [4.69, 9.17) is 4.84 Å². The Morgan fingerprint density at radius 1 is 1.30 bits per heavy atom. The average molecular weight is 269 g/mol. The summed E-state index contributed by atoms with van der Waals surface area (Å²) in [6.07, 6.45) is 1.56. The fraction of sp³-hybridized carbons (Fsp3) is 0.357. The van der Waals surface area contributed by atoms with Gasteiger partial charge in [-0.3, -0.25) is 0 Å². The lowest BCUT2D eigenvalue weighted by atomic mass is 9.81. The van der Waals surface area contributed by atoms with Gasteiger partial charge in [0.2, 0.25) is 11.7 Å². The van der Waals surface area contributed by atoms with Crippen molar-refractivity contribution in [3.63, 3.8) is 0 Å². The van der Waals surface area contributed by atoms with Crippen molar-refractivity contribution in [2.45, 2.75) is 25.6 Å². The highest BCUT2D eigenvalue weighted by molar-refractivity contribution is 5.88. The van der Waals surface area contributed by atoms with Crippen LogP contribution >= 0.6 is 0 Å². The van der Waals surface area contributed by atoms with Crippen molar-refractivity contribution >= 4 is 11.7 Å². The highest BCUT2D eigenvalue weighted by Gasteiger charge is 2.53. The van der Waals surface area contributed by atoms with Gasteiger partial charge >= 0.3 is 0 Å². The summed E-state index contributed by atoms with van der Waals surface area (Å²) in [5.41, 5.74) is 1.57. The van der Waals surface area contributed by atoms with Crippen LogP contribution in [0.15, 0.2) is 41.8 Å². The van der Waals surface area contributed by atoms with Gasteiger partial charge in [0.15, 0.2) is 0 Å². The number of aromatic nitrogens is 3. The number of benzene rings is 1. The predicted octanol–water partition coefficient (Wildman–Crippen LogP) is 2.03. The summed E-state index contributed by atoms with van der Waals surface area (Å²) in [5.74, 6) is 0.793. The molecular formula is C14H15N5O. The maximum Gasteiger partial charge on any atom is 0.224 e. The zero-order valence-corrected chi connectivity index (χ0v) is 11.3. The summed E-state index contributed by atoms with van der Waals surface area (Å²) in [7, 11) is 0. The topological polar surface area (TPSA) is 64.3 Å². The van der Waals surface area contributed by atoms with Crippen molar-refractivity contribution in [1.29, 1.82) is 0 Å². The highest BCUT2D eigenvalue weighted by Crippen LogP contribution is 2.45. The molecule has 0 fully saturated rings. The third-order valence-electron chi connectivity index (χ3n) is 4.08. The Morgan fingerprint density at radius 3 is 2.90 bits per heavy atom. The molecule has 0 saturated heterocycles. The minimum atomic E-state index is -0.576. The Labute approximate surface area is 116 Å². The van der Waals surface area contributed by atoms with Gasteiger partial charge in [-0.2, -0.15) is 10.1 Å². The maximum absolute atomic E-state index is 5.63. The molecule has 0 amide bonds. The normalized spacial score (nSPS) is 30.8. The van der Waals surface area contributed by atoms with Crippen LogP contribution in [-0.2, 0) is 4.84 Å². The molecule has 0 saturated carbocycles. The minimum absolute atomic E-state index is 0.0335. The van der Waals surface area contributed by atoms with Crippen molar-refractivity contribution in [2.75, 3.05) is 5.32 Å². The first-order valence-corrected chi connectivity index (χ1v) is 6.64. The smallest absolute Gasteiger partial charge is 0.224 e. The fourth-order valence-electron chi connectivity index (χ4n) is 3.20. The van der Waals surface area contributed by atoms with Crippen molar-refractivity contribution in [2.24, 2.45) is 11.1 Å². The summed E-state index contributed by atoms with van der Waals surface area (Å²) in [6, 6.07) is 10.3. The van der Waals surface area contributed by atoms with Gasteiger partial charge in [0.1, 0.15) is 6.33 Å². The molecule has 4 rings (SSSR count). The average Bonchev–Trinajstić information content (AvgIpc) is 3.02. The summed E-state index contributed by atoms with van der Waals surface area (Å²) in [5, 5.41) is 11.8. The molecule has 0 bridgehead atoms. The second-order valence-electron chi connectivity index (χ2n) is 5.42. The van der Waals surface area contributed by atoms with Crippen molar-refractivity contribution < 1.29 is 4.84 Å². The minimum Gasteiger partial charge on any atom is -0.367 e. The number of oxime groups is 1. The van der Waals surface area contributed by atoms with E-state index < -0.39 is 5.72 Å². The van der Waals surface area contributed by atoms with E-state index in [0.29, 0.717) is 5.95 Å². The third kappa shape index (κ3) is 1.41. The van der Waals surface area contributed by atoms with Crippen LogP contribution in [0.2, 0.25) is 0 Å². The molecule has 0 spiro atoms. The number of nitrogens with zero attached hydrogens (tertiary/aromatic N) is 4. The van der Waals surface area contributed by atoms with Crippen LogP contribution in [0.3, 0.4) is 0 Å². The monoisotopic (exact) mass is 269 g/mol. The summed E-state index contributed by atoms with van der Waals surface area (Å²) >= 11 is 0. The Bertz CT molecular complexity index is 680. The van der Waals surface area contributed by atoms with Crippen LogP contribution in [0, 0.1) is 5.92 Å². The van der Waals surface area contributed by atoms with Crippen molar-refractivity contribution in [3.05, 3.63) is 42.2 Å². The third-order valence-corrected chi connectivity index (χ3v) is 4.08. The lowest BCUT2D eigenvalue weighted by Gasteiger charge is -2.40. The van der Waals surface area contributed by atoms with Crippen LogP contribution < -0.4 is 5.32 Å². The van der Waals surface area contributed by atoms with Gasteiger partial charge in [0.25, 0.3) is 0 Å². The molecule has 1 N–H and O–H groups in total. The van der Waals surface area contributed by atoms with E-state index in [1.807, 2.05) is 36.7 Å². The van der Waals surface area contributed by atoms with Gasteiger partial charge in [0, 0.05) is 0 Å². The molecule has 2 aliphatic rings. The molecule has 2 aliphatic heterocycles. The second kappa shape index (κ2) is 3.82. The number of hydrogen-bond donors (Lipinski definition) is 1. The molecule has 0 radical (unpaired) electrons. The standard InChI is InChI=1S/C14H15N5O/c1-9-11-12(10-6-4-3-5-7-10)19-13(15-8-16-19)17-14(11,2)20-18-9/h3-8,11-12H,1-2H3,(H,15,16,17)/t11-,12+,14+/m1/s1.